The van der Waals surface area contributed by atoms with Gasteiger partial charge in [0.25, 0.3) is 0 Å². The SMILES string of the molecule is Cc1cnc(-c2ccc(C)c(F)c2)o1. The van der Waals surface area contributed by atoms with E-state index in [-0.39, 0.29) is 5.82 Å². The first-order valence-corrected chi connectivity index (χ1v) is 4.36. The van der Waals surface area contributed by atoms with Crippen molar-refractivity contribution in [3.63, 3.8) is 0 Å². The second-order valence-electron chi connectivity index (χ2n) is 3.24. The van der Waals surface area contributed by atoms with Crippen molar-refractivity contribution in [1.29, 1.82) is 0 Å². The fourth-order valence-corrected chi connectivity index (χ4v) is 1.21. The van der Waals surface area contributed by atoms with Crippen LogP contribution in [0.2, 0.25) is 0 Å². The van der Waals surface area contributed by atoms with Crippen molar-refractivity contribution in [2.45, 2.75) is 13.8 Å². The van der Waals surface area contributed by atoms with E-state index in [1.807, 2.05) is 0 Å². The van der Waals surface area contributed by atoms with Crippen LogP contribution in [-0.2, 0) is 0 Å². The topological polar surface area (TPSA) is 26.0 Å². The van der Waals surface area contributed by atoms with Gasteiger partial charge < -0.3 is 4.42 Å². The number of aromatic nitrogens is 1. The summed E-state index contributed by atoms with van der Waals surface area (Å²) >= 11 is 0. The van der Waals surface area contributed by atoms with Crippen LogP contribution < -0.4 is 0 Å². The van der Waals surface area contributed by atoms with Crippen LogP contribution in [-0.4, -0.2) is 4.98 Å². The van der Waals surface area contributed by atoms with E-state index in [4.69, 9.17) is 4.42 Å². The molecule has 2 nitrogen and oxygen atoms in total. The number of nitrogens with zero attached hydrogens (tertiary/aromatic N) is 1. The lowest BCUT2D eigenvalue weighted by Gasteiger charge is -1.98. The highest BCUT2D eigenvalue weighted by Crippen LogP contribution is 2.20. The molecule has 14 heavy (non-hydrogen) atoms. The molecule has 0 radical (unpaired) electrons. The highest BCUT2D eigenvalue weighted by Gasteiger charge is 2.06. The average Bonchev–Trinajstić information content (AvgIpc) is 2.57. The van der Waals surface area contributed by atoms with E-state index in [0.29, 0.717) is 17.0 Å². The van der Waals surface area contributed by atoms with Gasteiger partial charge in [-0.2, -0.15) is 0 Å². The standard InChI is InChI=1S/C11H10FNO/c1-7-3-4-9(5-10(7)12)11-13-6-8(2)14-11/h3-6H,1-2H3. The van der Waals surface area contributed by atoms with Gasteiger partial charge in [0, 0.05) is 5.56 Å². The monoisotopic (exact) mass is 191 g/mol. The second-order valence-corrected chi connectivity index (χ2v) is 3.24. The zero-order valence-corrected chi connectivity index (χ0v) is 8.04. The number of benzene rings is 1. The van der Waals surface area contributed by atoms with E-state index in [0.717, 1.165) is 5.76 Å². The number of oxazole rings is 1. The maximum Gasteiger partial charge on any atom is 0.226 e. The summed E-state index contributed by atoms with van der Waals surface area (Å²) < 4.78 is 18.5. The second kappa shape index (κ2) is 3.25. The van der Waals surface area contributed by atoms with Gasteiger partial charge in [0.15, 0.2) is 0 Å². The average molecular weight is 191 g/mol. The van der Waals surface area contributed by atoms with Crippen LogP contribution in [0.1, 0.15) is 11.3 Å². The summed E-state index contributed by atoms with van der Waals surface area (Å²) in [4.78, 5) is 4.02. The third kappa shape index (κ3) is 1.53. The lowest BCUT2D eigenvalue weighted by molar-refractivity contribution is 0.541. The van der Waals surface area contributed by atoms with Crippen molar-refractivity contribution >= 4 is 0 Å². The molecule has 3 heteroatoms. The fraction of sp³-hybridized carbons (Fsp3) is 0.182. The van der Waals surface area contributed by atoms with Crippen LogP contribution in [0.25, 0.3) is 11.5 Å². The fourth-order valence-electron chi connectivity index (χ4n) is 1.21. The van der Waals surface area contributed by atoms with Crippen molar-refractivity contribution < 1.29 is 8.81 Å². The van der Waals surface area contributed by atoms with Crippen LogP contribution in [0.4, 0.5) is 4.39 Å². The van der Waals surface area contributed by atoms with Crippen LogP contribution in [0, 0.1) is 19.7 Å². The molecule has 1 aromatic carbocycles. The van der Waals surface area contributed by atoms with Crippen molar-refractivity contribution in [2.75, 3.05) is 0 Å². The van der Waals surface area contributed by atoms with Gasteiger partial charge in [-0.05, 0) is 31.5 Å². The Balaban J connectivity index is 2.47. The van der Waals surface area contributed by atoms with Crippen molar-refractivity contribution in [3.05, 3.63) is 41.5 Å². The molecule has 0 saturated heterocycles. The van der Waals surface area contributed by atoms with Gasteiger partial charge in [0.2, 0.25) is 5.89 Å². The van der Waals surface area contributed by atoms with Crippen molar-refractivity contribution in [1.82, 2.24) is 4.98 Å². The lowest BCUT2D eigenvalue weighted by Crippen LogP contribution is -1.83. The summed E-state index contributed by atoms with van der Waals surface area (Å²) in [5.74, 6) is 0.945. The molecule has 0 saturated carbocycles. The molecule has 0 aliphatic heterocycles. The molecule has 0 N–H and O–H groups in total. The molecular formula is C11H10FNO. The first-order valence-electron chi connectivity index (χ1n) is 4.36. The quantitative estimate of drug-likeness (QED) is 0.692. The summed E-state index contributed by atoms with van der Waals surface area (Å²) in [6.45, 7) is 3.53. The van der Waals surface area contributed by atoms with Crippen LogP contribution in [0.3, 0.4) is 0 Å². The van der Waals surface area contributed by atoms with Gasteiger partial charge in [-0.3, -0.25) is 0 Å². The van der Waals surface area contributed by atoms with Gasteiger partial charge in [0.1, 0.15) is 11.6 Å². The molecule has 0 unspecified atom stereocenters. The minimum absolute atomic E-state index is 0.238. The predicted octanol–water partition coefficient (Wildman–Crippen LogP) is 3.10. The van der Waals surface area contributed by atoms with E-state index in [2.05, 4.69) is 4.98 Å². The van der Waals surface area contributed by atoms with Crippen molar-refractivity contribution in [2.24, 2.45) is 0 Å². The van der Waals surface area contributed by atoms with Gasteiger partial charge >= 0.3 is 0 Å². The van der Waals surface area contributed by atoms with Crippen LogP contribution >= 0.6 is 0 Å². The molecule has 1 heterocycles. The maximum absolute atomic E-state index is 13.2. The molecular weight excluding hydrogens is 181 g/mol. The summed E-state index contributed by atoms with van der Waals surface area (Å²) in [6, 6.07) is 4.94. The Kier molecular flexibility index (Phi) is 2.08. The van der Waals surface area contributed by atoms with E-state index in [9.17, 15) is 4.39 Å². The Bertz CT molecular complexity index is 462. The molecule has 0 fully saturated rings. The molecule has 0 aliphatic rings. The zero-order valence-electron chi connectivity index (χ0n) is 8.04. The molecule has 2 rings (SSSR count). The molecule has 0 spiro atoms. The summed E-state index contributed by atoms with van der Waals surface area (Å²) in [5.41, 5.74) is 1.29. The summed E-state index contributed by atoms with van der Waals surface area (Å²) in [5, 5.41) is 0. The number of rotatable bonds is 1. The molecule has 0 atom stereocenters. The van der Waals surface area contributed by atoms with E-state index >= 15 is 0 Å². The minimum Gasteiger partial charge on any atom is -0.441 e. The van der Waals surface area contributed by atoms with Gasteiger partial charge in [-0.25, -0.2) is 9.37 Å². The Labute approximate surface area is 81.4 Å². The predicted molar refractivity (Wildman–Crippen MR) is 51.4 cm³/mol. The van der Waals surface area contributed by atoms with Crippen LogP contribution in [0.5, 0.6) is 0 Å². The Hall–Kier alpha value is -1.64. The van der Waals surface area contributed by atoms with E-state index < -0.39 is 0 Å². The first-order chi connectivity index (χ1) is 6.66. The lowest BCUT2D eigenvalue weighted by atomic mass is 10.1. The maximum atomic E-state index is 13.2. The summed E-state index contributed by atoms with van der Waals surface area (Å²) in [7, 11) is 0. The zero-order chi connectivity index (χ0) is 10.1. The molecule has 0 bridgehead atoms. The Morgan fingerprint density at radius 1 is 1.29 bits per heavy atom. The Morgan fingerprint density at radius 3 is 2.64 bits per heavy atom. The Morgan fingerprint density at radius 2 is 2.07 bits per heavy atom. The number of hydrogen-bond donors (Lipinski definition) is 0. The smallest absolute Gasteiger partial charge is 0.226 e. The largest absolute Gasteiger partial charge is 0.441 e. The molecule has 2 aromatic rings. The third-order valence-electron chi connectivity index (χ3n) is 2.04. The number of halogens is 1. The van der Waals surface area contributed by atoms with E-state index in [1.165, 1.54) is 6.07 Å². The minimum atomic E-state index is -0.238. The van der Waals surface area contributed by atoms with Gasteiger partial charge in [-0.15, -0.1) is 0 Å². The highest BCUT2D eigenvalue weighted by molar-refractivity contribution is 5.53. The van der Waals surface area contributed by atoms with Gasteiger partial charge in [0.05, 0.1) is 6.20 Å². The molecule has 0 aliphatic carbocycles. The number of hydrogen-bond acceptors (Lipinski definition) is 2. The highest BCUT2D eigenvalue weighted by atomic mass is 19.1. The third-order valence-corrected chi connectivity index (χ3v) is 2.04. The molecule has 72 valence electrons. The molecule has 0 amide bonds. The summed E-state index contributed by atoms with van der Waals surface area (Å²) in [6.07, 6.45) is 1.62. The van der Waals surface area contributed by atoms with Crippen LogP contribution in [0.15, 0.2) is 28.8 Å². The van der Waals surface area contributed by atoms with Crippen molar-refractivity contribution in [3.8, 4) is 11.5 Å². The molecule has 1 aromatic heterocycles. The normalized spacial score (nSPS) is 10.5. The number of aryl methyl sites for hydroxylation is 2. The first kappa shape index (κ1) is 8.94. The van der Waals surface area contributed by atoms with Gasteiger partial charge in [-0.1, -0.05) is 6.07 Å². The van der Waals surface area contributed by atoms with E-state index in [1.54, 1.807) is 32.2 Å².